The van der Waals surface area contributed by atoms with E-state index >= 15 is 0 Å². The minimum Gasteiger partial charge on any atom is -0.463 e. The van der Waals surface area contributed by atoms with E-state index in [4.69, 9.17) is 9.47 Å². The van der Waals surface area contributed by atoms with Crippen molar-refractivity contribution in [3.8, 4) is 46.5 Å². The maximum absolute atomic E-state index is 13.1. The van der Waals surface area contributed by atoms with Gasteiger partial charge in [0.15, 0.2) is 17.5 Å². The summed E-state index contributed by atoms with van der Waals surface area (Å²) in [6.07, 6.45) is 13.6. The third-order valence-electron chi connectivity index (χ3n) is 6.50. The van der Waals surface area contributed by atoms with Crippen molar-refractivity contribution in [2.75, 3.05) is 19.8 Å². The molecule has 0 aliphatic carbocycles. The lowest BCUT2D eigenvalue weighted by molar-refractivity contribution is -0.138. The molecule has 0 saturated carbocycles. The standard InChI is InChI=1S/2C13H11F2N3O2.C8H5F2N3.C5H6O2/c2*1-2-20-12(19)3-4-18-8-16-13(17-18)9-5-10(14)7-11(15)6-9;9-6-1-5(2-7(10)3-6)8-11-4-12-13-8;1-3-5(6)7-4-2/h2*3-8H,2H2,1H3;1-4H,(H,11,12,13);1H,4H2,2H3/b4-3+;4-3-;;. The lowest BCUT2D eigenvalue weighted by atomic mass is 10.2. The van der Waals surface area contributed by atoms with Gasteiger partial charge in [0.05, 0.1) is 19.8 Å². The van der Waals surface area contributed by atoms with Crippen LogP contribution in [0.15, 0.2) is 85.7 Å². The van der Waals surface area contributed by atoms with E-state index in [9.17, 15) is 40.7 Å². The Morgan fingerprint density at radius 1 is 0.617 bits per heavy atom. The molecule has 0 radical (unpaired) electrons. The van der Waals surface area contributed by atoms with E-state index < -0.39 is 52.8 Å². The number of aromatic amines is 1. The van der Waals surface area contributed by atoms with E-state index in [2.05, 4.69) is 46.5 Å². The summed E-state index contributed by atoms with van der Waals surface area (Å²) in [6, 6.07) is 9.20. The van der Waals surface area contributed by atoms with Crippen LogP contribution in [0, 0.1) is 47.2 Å². The van der Waals surface area contributed by atoms with Crippen molar-refractivity contribution >= 4 is 30.3 Å². The average molecular weight is 838 g/mol. The Hall–Kier alpha value is -7.89. The molecule has 3 aromatic carbocycles. The number of carbonyl (C=O) groups excluding carboxylic acids is 3. The molecule has 0 unspecified atom stereocenters. The summed E-state index contributed by atoms with van der Waals surface area (Å²) in [5, 5.41) is 14.0. The van der Waals surface area contributed by atoms with Gasteiger partial charge in [-0.15, -0.1) is 16.6 Å². The molecular formula is C39H33F6N9O6. The van der Waals surface area contributed by atoms with Crippen molar-refractivity contribution in [3.05, 3.63) is 121 Å². The van der Waals surface area contributed by atoms with Gasteiger partial charge in [0.2, 0.25) is 0 Å². The largest absolute Gasteiger partial charge is 0.463 e. The van der Waals surface area contributed by atoms with E-state index in [1.807, 2.05) is 0 Å². The van der Waals surface area contributed by atoms with Gasteiger partial charge < -0.3 is 14.2 Å². The second-order valence-corrected chi connectivity index (χ2v) is 10.9. The fraction of sp³-hybridized carbons (Fsp3) is 0.154. The molecule has 0 amide bonds. The molecule has 0 atom stereocenters. The highest BCUT2D eigenvalue weighted by Crippen LogP contribution is 2.19. The second kappa shape index (κ2) is 24.0. The molecular weight excluding hydrogens is 804 g/mol. The van der Waals surface area contributed by atoms with Gasteiger partial charge in [0, 0.05) is 65.4 Å². The molecule has 21 heteroatoms. The van der Waals surface area contributed by atoms with Gasteiger partial charge in [-0.1, -0.05) is 0 Å². The number of carbonyl (C=O) groups is 3. The van der Waals surface area contributed by atoms with E-state index in [-0.39, 0.29) is 36.0 Å². The Labute approximate surface area is 337 Å². The average Bonchev–Trinajstić information content (AvgIpc) is 4.00. The number of terminal acetylenes is 1. The number of halogens is 6. The minimum absolute atomic E-state index is 0.150. The third kappa shape index (κ3) is 16.3. The summed E-state index contributed by atoms with van der Waals surface area (Å²) in [7, 11) is 0. The summed E-state index contributed by atoms with van der Waals surface area (Å²) in [5.41, 5.74) is 0.770. The van der Waals surface area contributed by atoms with Crippen LogP contribution in [0.3, 0.4) is 0 Å². The van der Waals surface area contributed by atoms with Gasteiger partial charge in [0.1, 0.15) is 53.9 Å². The molecule has 1 N–H and O–H groups in total. The first-order valence-corrected chi connectivity index (χ1v) is 17.1. The smallest absolute Gasteiger partial charge is 0.384 e. The zero-order valence-electron chi connectivity index (χ0n) is 31.7. The number of nitrogens with one attached hydrogen (secondary N) is 1. The maximum Gasteiger partial charge on any atom is 0.384 e. The molecule has 3 heterocycles. The molecule has 0 bridgehead atoms. The first kappa shape index (κ1) is 46.5. The molecule has 0 fully saturated rings. The van der Waals surface area contributed by atoms with Crippen LogP contribution >= 0.6 is 0 Å². The van der Waals surface area contributed by atoms with E-state index in [0.717, 1.165) is 42.5 Å². The molecule has 3 aromatic heterocycles. The number of H-pyrrole nitrogens is 1. The molecule has 15 nitrogen and oxygen atoms in total. The van der Waals surface area contributed by atoms with Crippen molar-refractivity contribution in [3.63, 3.8) is 0 Å². The number of esters is 3. The van der Waals surface area contributed by atoms with E-state index in [0.29, 0.717) is 18.0 Å². The molecule has 60 heavy (non-hydrogen) atoms. The topological polar surface area (TPSA) is 182 Å². The van der Waals surface area contributed by atoms with Crippen LogP contribution in [0.2, 0.25) is 0 Å². The summed E-state index contributed by atoms with van der Waals surface area (Å²) in [4.78, 5) is 43.8. The minimum atomic E-state index is -0.710. The molecule has 0 saturated heterocycles. The number of rotatable bonds is 10. The van der Waals surface area contributed by atoms with Crippen molar-refractivity contribution in [1.82, 2.24) is 44.7 Å². The van der Waals surface area contributed by atoms with E-state index in [1.165, 1.54) is 65.0 Å². The van der Waals surface area contributed by atoms with E-state index in [1.54, 1.807) is 26.7 Å². The Morgan fingerprint density at radius 2 is 1.00 bits per heavy atom. The van der Waals surface area contributed by atoms with Crippen molar-refractivity contribution in [1.29, 1.82) is 0 Å². The first-order valence-electron chi connectivity index (χ1n) is 17.1. The molecule has 0 spiro atoms. The molecule has 0 aliphatic heterocycles. The number of ether oxygens (including phenoxy) is 3. The molecule has 312 valence electrons. The molecule has 6 aromatic rings. The highest BCUT2D eigenvalue weighted by molar-refractivity contribution is 5.87. The zero-order chi connectivity index (χ0) is 44.0. The summed E-state index contributed by atoms with van der Waals surface area (Å²) in [6.45, 7) is 5.98. The van der Waals surface area contributed by atoms with Crippen LogP contribution in [-0.4, -0.2) is 82.4 Å². The van der Waals surface area contributed by atoms with Crippen LogP contribution in [0.5, 0.6) is 0 Å². The second-order valence-electron chi connectivity index (χ2n) is 10.9. The summed E-state index contributed by atoms with van der Waals surface area (Å²) < 4.78 is 94.0. The fourth-order valence-electron chi connectivity index (χ4n) is 4.19. The highest BCUT2D eigenvalue weighted by Gasteiger charge is 2.09. The number of aromatic nitrogens is 9. The third-order valence-corrected chi connectivity index (χ3v) is 6.50. The van der Waals surface area contributed by atoms with Gasteiger partial charge in [0.25, 0.3) is 0 Å². The van der Waals surface area contributed by atoms with Gasteiger partial charge in [-0.05, 0) is 57.2 Å². The normalized spacial score (nSPS) is 10.3. The lowest BCUT2D eigenvalue weighted by Crippen LogP contribution is -2.00. The lowest BCUT2D eigenvalue weighted by Gasteiger charge is -1.96. The Bertz CT molecular complexity index is 2270. The Morgan fingerprint density at radius 3 is 1.32 bits per heavy atom. The van der Waals surface area contributed by atoms with Gasteiger partial charge in [-0.25, -0.2) is 65.0 Å². The number of hydrogen-bond acceptors (Lipinski definition) is 12. The van der Waals surface area contributed by atoms with Gasteiger partial charge in [-0.2, -0.15) is 5.10 Å². The Balaban J connectivity index is 0.000000226. The summed E-state index contributed by atoms with van der Waals surface area (Å²) >= 11 is 0. The van der Waals surface area contributed by atoms with Crippen LogP contribution < -0.4 is 0 Å². The SMILES string of the molecule is C#CC(=O)OCC.CCOC(=O)/C=C/n1cnc(-c2cc(F)cc(F)c2)n1.CCOC(=O)/C=C\n1cnc(-c2cc(F)cc(F)c2)n1.Fc1cc(F)cc(-c2ncn[nH]2)c1. The van der Waals surface area contributed by atoms with Crippen molar-refractivity contribution in [2.24, 2.45) is 0 Å². The number of hydrogen-bond donors (Lipinski definition) is 1. The quantitative estimate of drug-likeness (QED) is 0.0399. The van der Waals surface area contributed by atoms with Crippen LogP contribution in [0.4, 0.5) is 26.3 Å². The van der Waals surface area contributed by atoms with Crippen LogP contribution in [0.1, 0.15) is 20.8 Å². The molecule has 0 aliphatic rings. The van der Waals surface area contributed by atoms with Crippen LogP contribution in [-0.2, 0) is 28.6 Å². The number of benzene rings is 3. The Kier molecular flexibility index (Phi) is 18.6. The predicted octanol–water partition coefficient (Wildman–Crippen LogP) is 6.45. The van der Waals surface area contributed by atoms with Gasteiger partial charge >= 0.3 is 17.9 Å². The maximum atomic E-state index is 13.1. The van der Waals surface area contributed by atoms with Crippen LogP contribution in [0.25, 0.3) is 46.6 Å². The fourth-order valence-corrected chi connectivity index (χ4v) is 4.19. The summed E-state index contributed by atoms with van der Waals surface area (Å²) in [5.74, 6) is -3.28. The van der Waals surface area contributed by atoms with Crippen molar-refractivity contribution in [2.45, 2.75) is 20.8 Å². The number of nitrogens with zero attached hydrogens (tertiary/aromatic N) is 8. The van der Waals surface area contributed by atoms with Crippen molar-refractivity contribution < 1.29 is 54.9 Å². The molecule has 6 rings (SSSR count). The van der Waals surface area contributed by atoms with Gasteiger partial charge in [-0.3, -0.25) is 5.10 Å². The monoisotopic (exact) mass is 837 g/mol. The zero-order valence-corrected chi connectivity index (χ0v) is 31.7. The first-order chi connectivity index (χ1) is 28.7. The highest BCUT2D eigenvalue weighted by atomic mass is 19.2. The predicted molar refractivity (Wildman–Crippen MR) is 202 cm³/mol.